The Morgan fingerprint density at radius 1 is 1.19 bits per heavy atom. The van der Waals surface area contributed by atoms with Crippen molar-refractivity contribution in [3.8, 4) is 0 Å². The van der Waals surface area contributed by atoms with Gasteiger partial charge in [0.15, 0.2) is 0 Å². The number of aromatic nitrogens is 2. The minimum absolute atomic E-state index is 0.143. The first-order chi connectivity index (χ1) is 12.7. The largest absolute Gasteiger partial charge is 0.337 e. The Morgan fingerprint density at radius 3 is 2.96 bits per heavy atom. The SMILES string of the molecule is CN1CCN(C(=O)c2ccsc2)CC(Cc2ccnc3cccnc23)C1. The van der Waals surface area contributed by atoms with Crippen LogP contribution >= 0.6 is 11.3 Å². The fourth-order valence-electron chi connectivity index (χ4n) is 3.68. The Morgan fingerprint density at radius 2 is 2.12 bits per heavy atom. The molecule has 1 aliphatic rings. The van der Waals surface area contributed by atoms with Crippen molar-refractivity contribution in [1.82, 2.24) is 19.8 Å². The molecule has 0 N–H and O–H groups in total. The summed E-state index contributed by atoms with van der Waals surface area (Å²) in [4.78, 5) is 26.1. The number of hydrogen-bond acceptors (Lipinski definition) is 5. The maximum atomic E-state index is 12.8. The molecule has 26 heavy (non-hydrogen) atoms. The first-order valence-electron chi connectivity index (χ1n) is 8.89. The summed E-state index contributed by atoms with van der Waals surface area (Å²) in [6, 6.07) is 7.89. The lowest BCUT2D eigenvalue weighted by Gasteiger charge is -2.24. The molecule has 1 fully saturated rings. The summed E-state index contributed by atoms with van der Waals surface area (Å²) in [5.41, 5.74) is 3.91. The first kappa shape index (κ1) is 17.1. The second-order valence-electron chi connectivity index (χ2n) is 6.94. The maximum absolute atomic E-state index is 12.8. The fourth-order valence-corrected chi connectivity index (χ4v) is 4.31. The fraction of sp³-hybridized carbons (Fsp3) is 0.350. The van der Waals surface area contributed by atoms with Crippen LogP contribution in [-0.2, 0) is 6.42 Å². The molecule has 1 aliphatic heterocycles. The van der Waals surface area contributed by atoms with E-state index in [9.17, 15) is 4.79 Å². The minimum Gasteiger partial charge on any atom is -0.337 e. The zero-order chi connectivity index (χ0) is 17.9. The summed E-state index contributed by atoms with van der Waals surface area (Å²) in [6.45, 7) is 3.43. The predicted molar refractivity (Wildman–Crippen MR) is 104 cm³/mol. The molecule has 3 aromatic heterocycles. The van der Waals surface area contributed by atoms with Crippen LogP contribution in [0.2, 0.25) is 0 Å². The standard InChI is InChI=1S/C20H22N4OS/c1-23-8-9-24(20(25)17-5-10-26-14-17)13-15(12-23)11-16-4-7-21-18-3-2-6-22-19(16)18/h2-7,10,14-15H,8-9,11-13H2,1H3. The van der Waals surface area contributed by atoms with Crippen molar-refractivity contribution >= 4 is 28.3 Å². The van der Waals surface area contributed by atoms with Gasteiger partial charge < -0.3 is 9.80 Å². The quantitative estimate of drug-likeness (QED) is 0.715. The number of carbonyl (C=O) groups excluding carboxylic acids is 1. The second-order valence-corrected chi connectivity index (χ2v) is 7.72. The zero-order valence-corrected chi connectivity index (χ0v) is 15.7. The van der Waals surface area contributed by atoms with E-state index in [1.54, 1.807) is 11.3 Å². The second kappa shape index (κ2) is 7.51. The van der Waals surface area contributed by atoms with Gasteiger partial charge in [-0.3, -0.25) is 14.8 Å². The van der Waals surface area contributed by atoms with E-state index in [0.717, 1.165) is 49.2 Å². The van der Waals surface area contributed by atoms with Crippen LogP contribution in [0.15, 0.2) is 47.4 Å². The van der Waals surface area contributed by atoms with Crippen LogP contribution in [0, 0.1) is 5.92 Å². The third kappa shape index (κ3) is 3.61. The number of carbonyl (C=O) groups is 1. The van der Waals surface area contributed by atoms with Gasteiger partial charge in [-0.15, -0.1) is 0 Å². The summed E-state index contributed by atoms with van der Waals surface area (Å²) in [5.74, 6) is 0.516. The molecule has 0 aliphatic carbocycles. The number of pyridine rings is 2. The minimum atomic E-state index is 0.143. The zero-order valence-electron chi connectivity index (χ0n) is 14.8. The number of rotatable bonds is 3. The van der Waals surface area contributed by atoms with Gasteiger partial charge in [-0.1, -0.05) is 0 Å². The van der Waals surface area contributed by atoms with E-state index in [2.05, 4.69) is 28.0 Å². The lowest BCUT2D eigenvalue weighted by atomic mass is 9.97. The summed E-state index contributed by atoms with van der Waals surface area (Å²) in [7, 11) is 2.13. The van der Waals surface area contributed by atoms with Gasteiger partial charge in [0, 0.05) is 44.0 Å². The number of hydrogen-bond donors (Lipinski definition) is 0. The number of thiophene rings is 1. The molecule has 0 aromatic carbocycles. The van der Waals surface area contributed by atoms with E-state index in [-0.39, 0.29) is 5.91 Å². The Bertz CT molecular complexity index is 890. The smallest absolute Gasteiger partial charge is 0.254 e. The van der Waals surface area contributed by atoms with Crippen LogP contribution in [0.3, 0.4) is 0 Å². The van der Waals surface area contributed by atoms with E-state index < -0.39 is 0 Å². The van der Waals surface area contributed by atoms with Gasteiger partial charge in [-0.25, -0.2) is 0 Å². The van der Waals surface area contributed by atoms with E-state index in [1.165, 1.54) is 5.56 Å². The average Bonchev–Trinajstić information content (AvgIpc) is 3.13. The molecule has 4 heterocycles. The molecule has 0 radical (unpaired) electrons. The maximum Gasteiger partial charge on any atom is 0.254 e. The highest BCUT2D eigenvalue weighted by Gasteiger charge is 2.26. The van der Waals surface area contributed by atoms with Crippen LogP contribution in [0.1, 0.15) is 15.9 Å². The first-order valence-corrected chi connectivity index (χ1v) is 9.83. The summed E-state index contributed by atoms with van der Waals surface area (Å²) >= 11 is 1.57. The molecule has 1 unspecified atom stereocenters. The molecule has 3 aromatic rings. The number of amides is 1. The lowest BCUT2D eigenvalue weighted by Crippen LogP contribution is -2.36. The van der Waals surface area contributed by atoms with E-state index in [4.69, 9.17) is 0 Å². The Kier molecular flexibility index (Phi) is 4.95. The van der Waals surface area contributed by atoms with E-state index in [1.807, 2.05) is 46.3 Å². The average molecular weight is 366 g/mol. The topological polar surface area (TPSA) is 49.3 Å². The third-order valence-electron chi connectivity index (χ3n) is 4.94. The van der Waals surface area contributed by atoms with Crippen molar-refractivity contribution in [3.63, 3.8) is 0 Å². The van der Waals surface area contributed by atoms with E-state index >= 15 is 0 Å². The van der Waals surface area contributed by atoms with Crippen molar-refractivity contribution < 1.29 is 4.79 Å². The number of likely N-dealkylation sites (N-methyl/N-ethyl adjacent to an activating group) is 1. The highest BCUT2D eigenvalue weighted by atomic mass is 32.1. The van der Waals surface area contributed by atoms with E-state index in [0.29, 0.717) is 5.92 Å². The Hall–Kier alpha value is -2.31. The number of nitrogens with zero attached hydrogens (tertiary/aromatic N) is 4. The van der Waals surface area contributed by atoms with Gasteiger partial charge in [0.1, 0.15) is 0 Å². The van der Waals surface area contributed by atoms with Crippen LogP contribution in [0.25, 0.3) is 11.0 Å². The summed E-state index contributed by atoms with van der Waals surface area (Å²) < 4.78 is 0. The Labute approximate surface area is 157 Å². The highest BCUT2D eigenvalue weighted by molar-refractivity contribution is 7.08. The monoisotopic (exact) mass is 366 g/mol. The van der Waals surface area contributed by atoms with Gasteiger partial charge in [0.05, 0.1) is 16.6 Å². The van der Waals surface area contributed by atoms with Gasteiger partial charge >= 0.3 is 0 Å². The molecule has 1 amide bonds. The third-order valence-corrected chi connectivity index (χ3v) is 5.63. The molecule has 5 nitrogen and oxygen atoms in total. The molecular weight excluding hydrogens is 344 g/mol. The molecule has 134 valence electrons. The van der Waals surface area contributed by atoms with Crippen molar-refractivity contribution in [1.29, 1.82) is 0 Å². The highest BCUT2D eigenvalue weighted by Crippen LogP contribution is 2.21. The predicted octanol–water partition coefficient (Wildman–Crippen LogP) is 2.94. The van der Waals surface area contributed by atoms with Crippen LogP contribution in [0.4, 0.5) is 0 Å². The van der Waals surface area contributed by atoms with Crippen molar-refractivity contribution in [2.45, 2.75) is 6.42 Å². The van der Waals surface area contributed by atoms with Crippen LogP contribution in [-0.4, -0.2) is 58.9 Å². The van der Waals surface area contributed by atoms with Gasteiger partial charge in [0.25, 0.3) is 5.91 Å². The lowest BCUT2D eigenvalue weighted by molar-refractivity contribution is 0.0747. The Balaban J connectivity index is 1.57. The molecule has 4 rings (SSSR count). The summed E-state index contributed by atoms with van der Waals surface area (Å²) in [6.07, 6.45) is 4.57. The molecule has 6 heteroatoms. The molecular formula is C20H22N4OS. The normalized spacial score (nSPS) is 18.8. The van der Waals surface area contributed by atoms with Gasteiger partial charge in [-0.2, -0.15) is 11.3 Å². The van der Waals surface area contributed by atoms with Crippen molar-refractivity contribution in [3.05, 3.63) is 58.5 Å². The van der Waals surface area contributed by atoms with Gasteiger partial charge in [0.2, 0.25) is 0 Å². The van der Waals surface area contributed by atoms with Crippen LogP contribution in [0.5, 0.6) is 0 Å². The van der Waals surface area contributed by atoms with Crippen LogP contribution < -0.4 is 0 Å². The summed E-state index contributed by atoms with van der Waals surface area (Å²) in [5, 5.41) is 3.90. The molecule has 0 bridgehead atoms. The molecule has 0 saturated carbocycles. The molecule has 0 spiro atoms. The van der Waals surface area contributed by atoms with Crippen molar-refractivity contribution in [2.75, 3.05) is 33.2 Å². The molecule has 1 atom stereocenters. The number of fused-ring (bicyclic) bond motifs is 1. The van der Waals surface area contributed by atoms with Crippen molar-refractivity contribution in [2.24, 2.45) is 5.92 Å². The molecule has 1 saturated heterocycles. The van der Waals surface area contributed by atoms with Gasteiger partial charge in [-0.05, 0) is 54.6 Å².